The Balaban J connectivity index is 1.84. The number of ether oxygens (including phenoxy) is 3. The van der Waals surface area contributed by atoms with Crippen LogP contribution in [0.3, 0.4) is 0 Å². The van der Waals surface area contributed by atoms with E-state index >= 15 is 0 Å². The third-order valence-corrected chi connectivity index (χ3v) is 2.96. The lowest BCUT2D eigenvalue weighted by Gasteiger charge is -2.05. The molecule has 6 nitrogen and oxygen atoms in total. The van der Waals surface area contributed by atoms with Crippen LogP contribution < -0.4 is 14.2 Å². The number of rotatable bonds is 5. The van der Waals surface area contributed by atoms with Gasteiger partial charge in [-0.2, -0.15) is 8.42 Å². The maximum absolute atomic E-state index is 10.5. The van der Waals surface area contributed by atoms with Crippen LogP contribution in [0.2, 0.25) is 0 Å². The van der Waals surface area contributed by atoms with E-state index in [1.165, 1.54) is 0 Å². The molecule has 1 aromatic rings. The monoisotopic (exact) mass is 260 g/mol. The molecule has 0 unspecified atom stereocenters. The van der Waals surface area contributed by atoms with E-state index in [-0.39, 0.29) is 25.6 Å². The molecule has 2 rings (SSSR count). The van der Waals surface area contributed by atoms with Gasteiger partial charge in [0.05, 0.1) is 12.4 Å². The molecule has 1 heterocycles. The fraction of sp³-hybridized carbons (Fsp3) is 0.400. The maximum atomic E-state index is 10.5. The first-order valence-electron chi connectivity index (χ1n) is 5.02. The second-order valence-corrected chi connectivity index (χ2v) is 5.08. The molecule has 0 atom stereocenters. The van der Waals surface area contributed by atoms with Crippen molar-refractivity contribution in [3.63, 3.8) is 0 Å². The van der Waals surface area contributed by atoms with Gasteiger partial charge in [-0.15, -0.1) is 0 Å². The molecule has 0 fully saturated rings. The van der Waals surface area contributed by atoms with Crippen molar-refractivity contribution in [2.24, 2.45) is 0 Å². The van der Waals surface area contributed by atoms with E-state index in [1.54, 1.807) is 18.2 Å². The second kappa shape index (κ2) is 4.80. The average Bonchev–Trinajstić information content (AvgIpc) is 2.70. The van der Waals surface area contributed by atoms with Crippen LogP contribution in [0.25, 0.3) is 0 Å². The SMILES string of the molecule is O=S(=O)(O)CCCOc1ccc2c(c1)OCO2. The highest BCUT2D eigenvalue weighted by molar-refractivity contribution is 7.85. The molecule has 0 aromatic heterocycles. The lowest BCUT2D eigenvalue weighted by atomic mass is 10.3. The number of benzene rings is 1. The lowest BCUT2D eigenvalue weighted by molar-refractivity contribution is 0.173. The highest BCUT2D eigenvalue weighted by Crippen LogP contribution is 2.35. The molecule has 7 heteroatoms. The highest BCUT2D eigenvalue weighted by Gasteiger charge is 2.13. The third-order valence-electron chi connectivity index (χ3n) is 2.16. The van der Waals surface area contributed by atoms with E-state index in [0.717, 1.165) is 0 Å². The predicted molar refractivity (Wildman–Crippen MR) is 59.1 cm³/mol. The minimum absolute atomic E-state index is 0.196. The van der Waals surface area contributed by atoms with E-state index in [1.807, 2.05) is 0 Å². The molecule has 0 saturated carbocycles. The molecule has 0 bridgehead atoms. The summed E-state index contributed by atoms with van der Waals surface area (Å²) >= 11 is 0. The van der Waals surface area contributed by atoms with E-state index in [4.69, 9.17) is 18.8 Å². The van der Waals surface area contributed by atoms with Gasteiger partial charge >= 0.3 is 0 Å². The minimum atomic E-state index is -3.91. The van der Waals surface area contributed by atoms with Crippen molar-refractivity contribution in [2.45, 2.75) is 6.42 Å². The zero-order chi connectivity index (χ0) is 12.3. The fourth-order valence-corrected chi connectivity index (χ4v) is 1.88. The lowest BCUT2D eigenvalue weighted by Crippen LogP contribution is -2.08. The normalized spacial score (nSPS) is 13.7. The van der Waals surface area contributed by atoms with Crippen molar-refractivity contribution in [2.75, 3.05) is 19.2 Å². The van der Waals surface area contributed by atoms with Gasteiger partial charge < -0.3 is 14.2 Å². The Hall–Kier alpha value is -1.47. The first-order valence-corrected chi connectivity index (χ1v) is 6.63. The van der Waals surface area contributed by atoms with Crippen LogP contribution >= 0.6 is 0 Å². The van der Waals surface area contributed by atoms with Gasteiger partial charge in [0.25, 0.3) is 10.1 Å². The van der Waals surface area contributed by atoms with Gasteiger partial charge in [0.15, 0.2) is 11.5 Å². The molecule has 0 radical (unpaired) electrons. The molecule has 1 N–H and O–H groups in total. The van der Waals surface area contributed by atoms with E-state index in [9.17, 15) is 8.42 Å². The summed E-state index contributed by atoms with van der Waals surface area (Å²) in [6, 6.07) is 5.11. The summed E-state index contributed by atoms with van der Waals surface area (Å²) in [7, 11) is -3.91. The van der Waals surface area contributed by atoms with Gasteiger partial charge in [0.2, 0.25) is 6.79 Å². The quantitative estimate of drug-likeness (QED) is 0.630. The van der Waals surface area contributed by atoms with Crippen LogP contribution in [0.5, 0.6) is 17.2 Å². The Kier molecular flexibility index (Phi) is 3.39. The summed E-state index contributed by atoms with van der Waals surface area (Å²) in [5, 5.41) is 0. The third kappa shape index (κ3) is 3.50. The summed E-state index contributed by atoms with van der Waals surface area (Å²) in [6.45, 7) is 0.404. The summed E-state index contributed by atoms with van der Waals surface area (Å²) in [5.41, 5.74) is 0. The Morgan fingerprint density at radius 3 is 2.82 bits per heavy atom. The van der Waals surface area contributed by atoms with Crippen LogP contribution in [0.1, 0.15) is 6.42 Å². The molecule has 0 spiro atoms. The van der Waals surface area contributed by atoms with Crippen LogP contribution in [0.15, 0.2) is 18.2 Å². The van der Waals surface area contributed by atoms with E-state index in [0.29, 0.717) is 17.2 Å². The Labute approximate surface area is 98.9 Å². The first-order chi connectivity index (χ1) is 8.04. The van der Waals surface area contributed by atoms with Crippen molar-refractivity contribution in [1.29, 1.82) is 0 Å². The van der Waals surface area contributed by atoms with Gasteiger partial charge in [-0.1, -0.05) is 0 Å². The van der Waals surface area contributed by atoms with Crippen LogP contribution in [0.4, 0.5) is 0 Å². The zero-order valence-electron chi connectivity index (χ0n) is 8.96. The minimum Gasteiger partial charge on any atom is -0.493 e. The Morgan fingerprint density at radius 2 is 2.06 bits per heavy atom. The smallest absolute Gasteiger partial charge is 0.264 e. The fourth-order valence-electron chi connectivity index (χ4n) is 1.40. The van der Waals surface area contributed by atoms with Gasteiger partial charge in [-0.05, 0) is 18.6 Å². The summed E-state index contributed by atoms with van der Waals surface area (Å²) < 4.78 is 45.1. The molecule has 94 valence electrons. The van der Waals surface area contributed by atoms with Crippen molar-refractivity contribution < 1.29 is 27.2 Å². The van der Waals surface area contributed by atoms with Crippen LogP contribution in [-0.4, -0.2) is 32.1 Å². The van der Waals surface area contributed by atoms with Gasteiger partial charge in [-0.3, -0.25) is 4.55 Å². The molecule has 0 saturated heterocycles. The predicted octanol–water partition coefficient (Wildman–Crippen LogP) is 1.07. The van der Waals surface area contributed by atoms with Crippen LogP contribution in [-0.2, 0) is 10.1 Å². The van der Waals surface area contributed by atoms with Gasteiger partial charge in [-0.25, -0.2) is 0 Å². The number of hydrogen-bond donors (Lipinski definition) is 1. The molecule has 1 aromatic carbocycles. The molecular weight excluding hydrogens is 248 g/mol. The summed E-state index contributed by atoms with van der Waals surface area (Å²) in [4.78, 5) is 0. The van der Waals surface area contributed by atoms with Crippen LogP contribution in [0, 0.1) is 0 Å². The Bertz CT molecular complexity index is 496. The highest BCUT2D eigenvalue weighted by atomic mass is 32.2. The molecule has 0 amide bonds. The van der Waals surface area contributed by atoms with Crippen molar-refractivity contribution in [1.82, 2.24) is 0 Å². The molecule has 0 aliphatic carbocycles. The number of fused-ring (bicyclic) bond motifs is 1. The van der Waals surface area contributed by atoms with Crippen molar-refractivity contribution in [3.8, 4) is 17.2 Å². The molecule has 1 aliphatic heterocycles. The molecule has 17 heavy (non-hydrogen) atoms. The largest absolute Gasteiger partial charge is 0.493 e. The first kappa shape index (κ1) is 12.0. The second-order valence-electron chi connectivity index (χ2n) is 3.50. The average molecular weight is 260 g/mol. The van der Waals surface area contributed by atoms with Crippen molar-refractivity contribution >= 4 is 10.1 Å². The molecular formula is C10H12O6S. The van der Waals surface area contributed by atoms with Gasteiger partial charge in [0.1, 0.15) is 5.75 Å². The summed E-state index contributed by atoms with van der Waals surface area (Å²) in [6.07, 6.45) is 0.229. The zero-order valence-corrected chi connectivity index (χ0v) is 9.77. The molecule has 1 aliphatic rings. The topological polar surface area (TPSA) is 82.1 Å². The number of hydrogen-bond acceptors (Lipinski definition) is 5. The van der Waals surface area contributed by atoms with E-state index in [2.05, 4.69) is 0 Å². The van der Waals surface area contributed by atoms with E-state index < -0.39 is 10.1 Å². The maximum Gasteiger partial charge on any atom is 0.264 e. The summed E-state index contributed by atoms with van der Waals surface area (Å²) in [5.74, 6) is 1.54. The standard InChI is InChI=1S/C10H12O6S/c11-17(12,13)5-1-4-14-8-2-3-9-10(6-8)16-7-15-9/h2-3,6H,1,4-5,7H2,(H,11,12,13). The Morgan fingerprint density at radius 1 is 1.29 bits per heavy atom. The van der Waals surface area contributed by atoms with Gasteiger partial charge in [0, 0.05) is 6.07 Å². The van der Waals surface area contributed by atoms with Crippen molar-refractivity contribution in [3.05, 3.63) is 18.2 Å².